The average Bonchev–Trinajstić information content (AvgIpc) is 2.89. The molecule has 0 spiro atoms. The molecular weight excluding hydrogens is 273 g/mol. The highest BCUT2D eigenvalue weighted by Crippen LogP contribution is 2.10. The summed E-state index contributed by atoms with van der Waals surface area (Å²) in [7, 11) is 0. The highest BCUT2D eigenvalue weighted by atomic mass is 19.1. The molecule has 0 atom stereocenters. The van der Waals surface area contributed by atoms with Crippen molar-refractivity contribution in [3.8, 4) is 0 Å². The van der Waals surface area contributed by atoms with Crippen molar-refractivity contribution >= 4 is 17.5 Å². The third-order valence-electron chi connectivity index (χ3n) is 3.63. The van der Waals surface area contributed by atoms with Crippen LogP contribution in [0.5, 0.6) is 0 Å². The van der Waals surface area contributed by atoms with Crippen molar-refractivity contribution in [1.82, 2.24) is 19.5 Å². The van der Waals surface area contributed by atoms with E-state index in [1.165, 1.54) is 23.2 Å². The lowest BCUT2D eigenvalue weighted by molar-refractivity contribution is -0.131. The number of likely N-dealkylation sites (tertiary alicyclic amines) is 1. The Balaban J connectivity index is 1.53. The van der Waals surface area contributed by atoms with Crippen LogP contribution in [0.2, 0.25) is 0 Å². The van der Waals surface area contributed by atoms with E-state index in [0.717, 1.165) is 25.9 Å². The van der Waals surface area contributed by atoms with Crippen LogP contribution in [0.15, 0.2) is 18.3 Å². The van der Waals surface area contributed by atoms with E-state index >= 15 is 0 Å². The number of anilines is 1. The Morgan fingerprint density at radius 3 is 2.90 bits per heavy atom. The van der Waals surface area contributed by atoms with E-state index in [9.17, 15) is 9.18 Å². The predicted octanol–water partition coefficient (Wildman–Crippen LogP) is 1.68. The van der Waals surface area contributed by atoms with E-state index in [0.29, 0.717) is 24.6 Å². The fraction of sp³-hybridized carbons (Fsp3) is 0.500. The molecule has 0 aromatic carbocycles. The van der Waals surface area contributed by atoms with Crippen LogP contribution < -0.4 is 5.32 Å². The van der Waals surface area contributed by atoms with Gasteiger partial charge >= 0.3 is 0 Å². The molecular formula is C14H18FN5O. The molecule has 6 nitrogen and oxygen atoms in total. The zero-order valence-electron chi connectivity index (χ0n) is 11.8. The summed E-state index contributed by atoms with van der Waals surface area (Å²) in [6, 6.07) is 2.90. The van der Waals surface area contributed by atoms with Crippen molar-refractivity contribution < 1.29 is 9.18 Å². The Labute approximate surface area is 122 Å². The zero-order chi connectivity index (χ0) is 14.7. The third kappa shape index (κ3) is 3.29. The number of amides is 1. The summed E-state index contributed by atoms with van der Waals surface area (Å²) in [5.74, 6) is 0.211. The fourth-order valence-corrected chi connectivity index (χ4v) is 2.52. The number of aromatic nitrogens is 3. The first-order chi connectivity index (χ1) is 10.2. The van der Waals surface area contributed by atoms with E-state index < -0.39 is 0 Å². The zero-order valence-corrected chi connectivity index (χ0v) is 11.8. The number of carbonyl (C=O) groups is 1. The minimum Gasteiger partial charge on any atom is -0.352 e. The maximum atomic E-state index is 13.1. The quantitative estimate of drug-likeness (QED) is 0.931. The average molecular weight is 291 g/mol. The van der Waals surface area contributed by atoms with E-state index in [2.05, 4.69) is 15.4 Å². The second-order valence-corrected chi connectivity index (χ2v) is 5.20. The molecule has 7 heteroatoms. The first-order valence-electron chi connectivity index (χ1n) is 7.26. The Hall–Kier alpha value is -2.18. The van der Waals surface area contributed by atoms with Crippen LogP contribution in [-0.2, 0) is 4.79 Å². The van der Waals surface area contributed by atoms with Gasteiger partial charge in [-0.2, -0.15) is 4.98 Å². The van der Waals surface area contributed by atoms with Gasteiger partial charge in [0, 0.05) is 26.1 Å². The van der Waals surface area contributed by atoms with Gasteiger partial charge in [-0.05, 0) is 31.4 Å². The van der Waals surface area contributed by atoms with Crippen LogP contribution in [0, 0.1) is 5.82 Å². The topological polar surface area (TPSA) is 62.5 Å². The molecule has 2 aromatic rings. The lowest BCUT2D eigenvalue weighted by atomic mass is 10.1. The monoisotopic (exact) mass is 291 g/mol. The van der Waals surface area contributed by atoms with E-state index in [4.69, 9.17) is 0 Å². The molecule has 0 saturated carbocycles. The molecule has 1 N–H and O–H groups in total. The van der Waals surface area contributed by atoms with E-state index in [-0.39, 0.29) is 11.7 Å². The lowest BCUT2D eigenvalue weighted by Gasteiger charge is -2.26. The summed E-state index contributed by atoms with van der Waals surface area (Å²) in [6.45, 7) is 2.21. The van der Waals surface area contributed by atoms with Crippen molar-refractivity contribution in [3.63, 3.8) is 0 Å². The van der Waals surface area contributed by atoms with Crippen LogP contribution in [-0.4, -0.2) is 45.0 Å². The molecule has 1 aliphatic rings. The molecule has 0 bridgehead atoms. The number of fused-ring (bicyclic) bond motifs is 1. The molecule has 0 aliphatic carbocycles. The SMILES string of the molecule is O=C(CCNc1nc2ccc(F)cn2n1)N1CCCCC1. The Morgan fingerprint density at radius 1 is 1.29 bits per heavy atom. The van der Waals surface area contributed by atoms with Gasteiger partial charge in [0.15, 0.2) is 5.65 Å². The standard InChI is InChI=1S/C14H18FN5O/c15-11-4-5-12-17-14(18-20(12)10-11)16-7-6-13(21)19-8-2-1-3-9-19/h4-5,10H,1-3,6-9H2,(H,16,18). The first kappa shape index (κ1) is 13.8. The van der Waals surface area contributed by atoms with Crippen LogP contribution in [0.3, 0.4) is 0 Å². The van der Waals surface area contributed by atoms with Gasteiger partial charge in [0.05, 0.1) is 6.20 Å². The number of hydrogen-bond donors (Lipinski definition) is 1. The van der Waals surface area contributed by atoms with E-state index in [1.54, 1.807) is 6.07 Å². The summed E-state index contributed by atoms with van der Waals surface area (Å²) in [4.78, 5) is 18.1. The van der Waals surface area contributed by atoms with Crippen molar-refractivity contribution in [2.24, 2.45) is 0 Å². The molecule has 21 heavy (non-hydrogen) atoms. The van der Waals surface area contributed by atoms with Gasteiger partial charge in [0.2, 0.25) is 11.9 Å². The van der Waals surface area contributed by atoms with Gasteiger partial charge in [0.1, 0.15) is 5.82 Å². The fourth-order valence-electron chi connectivity index (χ4n) is 2.52. The smallest absolute Gasteiger partial charge is 0.243 e. The molecule has 0 unspecified atom stereocenters. The van der Waals surface area contributed by atoms with Crippen molar-refractivity contribution in [1.29, 1.82) is 0 Å². The number of nitrogens with zero attached hydrogens (tertiary/aromatic N) is 4. The number of halogens is 1. The van der Waals surface area contributed by atoms with Crippen LogP contribution in [0.1, 0.15) is 25.7 Å². The van der Waals surface area contributed by atoms with Crippen molar-refractivity contribution in [2.45, 2.75) is 25.7 Å². The number of carbonyl (C=O) groups excluding carboxylic acids is 1. The van der Waals surface area contributed by atoms with Crippen molar-refractivity contribution in [3.05, 3.63) is 24.1 Å². The minimum absolute atomic E-state index is 0.164. The number of piperidine rings is 1. The summed E-state index contributed by atoms with van der Waals surface area (Å²) in [5, 5.41) is 7.12. The van der Waals surface area contributed by atoms with Crippen LogP contribution >= 0.6 is 0 Å². The highest BCUT2D eigenvalue weighted by molar-refractivity contribution is 5.76. The van der Waals surface area contributed by atoms with Crippen LogP contribution in [0.4, 0.5) is 10.3 Å². The molecule has 112 valence electrons. The molecule has 1 fully saturated rings. The first-order valence-corrected chi connectivity index (χ1v) is 7.26. The number of pyridine rings is 1. The highest BCUT2D eigenvalue weighted by Gasteiger charge is 2.15. The summed E-state index contributed by atoms with van der Waals surface area (Å²) in [6.07, 6.45) is 5.09. The van der Waals surface area contributed by atoms with Gasteiger partial charge in [-0.3, -0.25) is 4.79 Å². The summed E-state index contributed by atoms with van der Waals surface area (Å²) < 4.78 is 14.4. The number of nitrogens with one attached hydrogen (secondary N) is 1. The molecule has 1 amide bonds. The van der Waals surface area contributed by atoms with Gasteiger partial charge in [0.25, 0.3) is 0 Å². The van der Waals surface area contributed by atoms with Gasteiger partial charge < -0.3 is 10.2 Å². The second-order valence-electron chi connectivity index (χ2n) is 5.20. The maximum absolute atomic E-state index is 13.1. The van der Waals surface area contributed by atoms with Crippen LogP contribution in [0.25, 0.3) is 5.65 Å². The molecule has 2 aromatic heterocycles. The molecule has 0 radical (unpaired) electrons. The van der Waals surface area contributed by atoms with Gasteiger partial charge in [-0.25, -0.2) is 8.91 Å². The summed E-state index contributed by atoms with van der Waals surface area (Å²) in [5.41, 5.74) is 0.571. The number of rotatable bonds is 4. The van der Waals surface area contributed by atoms with Gasteiger partial charge in [-0.1, -0.05) is 0 Å². The summed E-state index contributed by atoms with van der Waals surface area (Å²) >= 11 is 0. The Morgan fingerprint density at radius 2 is 2.10 bits per heavy atom. The largest absolute Gasteiger partial charge is 0.352 e. The second kappa shape index (κ2) is 6.07. The molecule has 3 rings (SSSR count). The molecule has 1 aliphatic heterocycles. The molecule has 3 heterocycles. The minimum atomic E-state index is -0.362. The normalized spacial score (nSPS) is 15.4. The lowest BCUT2D eigenvalue weighted by Crippen LogP contribution is -2.36. The van der Waals surface area contributed by atoms with Gasteiger partial charge in [-0.15, -0.1) is 5.10 Å². The Kier molecular flexibility index (Phi) is 3.98. The van der Waals surface area contributed by atoms with E-state index in [1.807, 2.05) is 4.90 Å². The predicted molar refractivity (Wildman–Crippen MR) is 76.5 cm³/mol. The van der Waals surface area contributed by atoms with Crippen molar-refractivity contribution in [2.75, 3.05) is 25.0 Å². The Bertz CT molecular complexity index is 635. The third-order valence-corrected chi connectivity index (χ3v) is 3.63. The molecule has 1 saturated heterocycles. The maximum Gasteiger partial charge on any atom is 0.243 e. The number of hydrogen-bond acceptors (Lipinski definition) is 4.